The molecule has 0 aliphatic heterocycles. The fourth-order valence-corrected chi connectivity index (χ4v) is 1.39. The minimum atomic E-state index is -0.683. The number of nitrogens with zero attached hydrogens (tertiary/aromatic N) is 1. The van der Waals surface area contributed by atoms with E-state index in [1.165, 1.54) is 6.20 Å². The maximum atomic E-state index is 13.0. The molecule has 18 heavy (non-hydrogen) atoms. The van der Waals surface area contributed by atoms with Crippen LogP contribution >= 0.6 is 0 Å². The molecule has 0 fully saturated rings. The van der Waals surface area contributed by atoms with Crippen LogP contribution in [0.25, 0.3) is 0 Å². The number of pyridine rings is 1. The zero-order valence-electron chi connectivity index (χ0n) is 9.22. The van der Waals surface area contributed by atoms with Gasteiger partial charge in [0.2, 0.25) is 0 Å². The normalized spacial score (nSPS) is 10.1. The Balaban J connectivity index is 2.28. The number of halogens is 1. The molecule has 4 N–H and O–H groups in total. The molecule has 0 saturated carbocycles. The summed E-state index contributed by atoms with van der Waals surface area (Å²) in [6, 6.07) is 6.27. The monoisotopic (exact) mass is 247 g/mol. The van der Waals surface area contributed by atoms with Crippen molar-refractivity contribution in [2.45, 2.75) is 0 Å². The number of benzene rings is 1. The fraction of sp³-hybridized carbons (Fsp3) is 0. The van der Waals surface area contributed by atoms with Crippen molar-refractivity contribution in [2.24, 2.45) is 0 Å². The molecule has 0 bridgehead atoms. The summed E-state index contributed by atoms with van der Waals surface area (Å²) in [4.78, 5) is 15.7. The average molecular weight is 247 g/mol. The molecule has 1 amide bonds. The Morgan fingerprint density at radius 2 is 2.17 bits per heavy atom. The quantitative estimate of drug-likeness (QED) is 0.754. The molecular formula is C12H10FN3O2. The van der Waals surface area contributed by atoms with Gasteiger partial charge in [-0.05, 0) is 30.3 Å². The largest absolute Gasteiger partial charge is 0.507 e. The molecule has 0 atom stereocenters. The van der Waals surface area contributed by atoms with Crippen molar-refractivity contribution in [2.75, 3.05) is 11.1 Å². The number of phenolic OH excluding ortho intramolecular Hbond substituents is 1. The summed E-state index contributed by atoms with van der Waals surface area (Å²) in [6.45, 7) is 0. The van der Waals surface area contributed by atoms with Crippen molar-refractivity contribution >= 4 is 17.4 Å². The van der Waals surface area contributed by atoms with Crippen LogP contribution in [0.2, 0.25) is 0 Å². The van der Waals surface area contributed by atoms with Crippen LogP contribution in [0.3, 0.4) is 0 Å². The van der Waals surface area contributed by atoms with Crippen molar-refractivity contribution in [3.05, 3.63) is 47.9 Å². The average Bonchev–Trinajstić information content (AvgIpc) is 2.35. The molecule has 0 unspecified atom stereocenters. The van der Waals surface area contributed by atoms with Gasteiger partial charge in [-0.3, -0.25) is 4.79 Å². The molecule has 0 spiro atoms. The highest BCUT2D eigenvalue weighted by molar-refractivity contribution is 6.06. The van der Waals surface area contributed by atoms with Gasteiger partial charge in [-0.2, -0.15) is 0 Å². The summed E-state index contributed by atoms with van der Waals surface area (Å²) in [7, 11) is 0. The van der Waals surface area contributed by atoms with E-state index in [0.717, 1.165) is 18.2 Å². The third kappa shape index (κ3) is 2.37. The predicted octanol–water partition coefficient (Wildman–Crippen LogP) is 1.76. The summed E-state index contributed by atoms with van der Waals surface area (Å²) >= 11 is 0. The molecule has 0 saturated heterocycles. The lowest BCUT2D eigenvalue weighted by Crippen LogP contribution is -2.14. The molecule has 1 aromatic carbocycles. The molecule has 2 rings (SSSR count). The van der Waals surface area contributed by atoms with E-state index < -0.39 is 11.7 Å². The van der Waals surface area contributed by atoms with Crippen LogP contribution in [0, 0.1) is 5.82 Å². The van der Waals surface area contributed by atoms with E-state index in [9.17, 15) is 14.3 Å². The Labute approximate surface area is 102 Å². The van der Waals surface area contributed by atoms with Crippen molar-refractivity contribution in [1.29, 1.82) is 0 Å². The number of rotatable bonds is 2. The first-order chi connectivity index (χ1) is 8.58. The topological polar surface area (TPSA) is 88.2 Å². The van der Waals surface area contributed by atoms with Gasteiger partial charge in [0.05, 0.1) is 11.3 Å². The SMILES string of the molecule is Nc1cccnc1NC(=O)c1cc(F)ccc1O. The van der Waals surface area contributed by atoms with E-state index in [1.807, 2.05) is 0 Å². The highest BCUT2D eigenvalue weighted by Gasteiger charge is 2.13. The zero-order chi connectivity index (χ0) is 13.1. The van der Waals surface area contributed by atoms with Gasteiger partial charge in [-0.15, -0.1) is 0 Å². The van der Waals surface area contributed by atoms with Gasteiger partial charge in [0, 0.05) is 6.20 Å². The van der Waals surface area contributed by atoms with E-state index in [-0.39, 0.29) is 22.8 Å². The highest BCUT2D eigenvalue weighted by Crippen LogP contribution is 2.20. The first-order valence-corrected chi connectivity index (χ1v) is 5.08. The number of carbonyl (C=O) groups is 1. The smallest absolute Gasteiger partial charge is 0.260 e. The number of carbonyl (C=O) groups excluding carboxylic acids is 1. The molecule has 1 heterocycles. The predicted molar refractivity (Wildman–Crippen MR) is 64.7 cm³/mol. The second-order valence-electron chi connectivity index (χ2n) is 3.56. The fourth-order valence-electron chi connectivity index (χ4n) is 1.39. The minimum Gasteiger partial charge on any atom is -0.507 e. The second kappa shape index (κ2) is 4.70. The number of nitrogens with two attached hydrogens (primary N) is 1. The third-order valence-corrected chi connectivity index (χ3v) is 2.27. The van der Waals surface area contributed by atoms with Crippen molar-refractivity contribution in [3.63, 3.8) is 0 Å². The lowest BCUT2D eigenvalue weighted by molar-refractivity contribution is 0.102. The number of hydrogen-bond acceptors (Lipinski definition) is 4. The van der Waals surface area contributed by atoms with Crippen LogP contribution < -0.4 is 11.1 Å². The van der Waals surface area contributed by atoms with Crippen LogP contribution in [0.4, 0.5) is 15.9 Å². The Kier molecular flexibility index (Phi) is 3.09. The summed E-state index contributed by atoms with van der Waals surface area (Å²) in [6.07, 6.45) is 1.46. The molecule has 1 aromatic heterocycles. The summed E-state index contributed by atoms with van der Waals surface area (Å²) in [5.74, 6) is -1.46. The number of nitrogens with one attached hydrogen (secondary N) is 1. The van der Waals surface area contributed by atoms with Gasteiger partial charge in [0.15, 0.2) is 5.82 Å². The van der Waals surface area contributed by atoms with E-state index in [0.29, 0.717) is 0 Å². The number of nitrogen functional groups attached to an aromatic ring is 1. The van der Waals surface area contributed by atoms with Crippen LogP contribution in [0.15, 0.2) is 36.5 Å². The number of phenols is 1. The maximum absolute atomic E-state index is 13.0. The van der Waals surface area contributed by atoms with Gasteiger partial charge < -0.3 is 16.2 Å². The van der Waals surface area contributed by atoms with E-state index in [4.69, 9.17) is 5.73 Å². The molecule has 5 nitrogen and oxygen atoms in total. The zero-order valence-corrected chi connectivity index (χ0v) is 9.22. The lowest BCUT2D eigenvalue weighted by Gasteiger charge is -2.07. The summed E-state index contributed by atoms with van der Waals surface area (Å²) in [5, 5.41) is 11.9. The third-order valence-electron chi connectivity index (χ3n) is 2.27. The molecule has 92 valence electrons. The number of anilines is 2. The van der Waals surface area contributed by atoms with Crippen LogP contribution in [0.5, 0.6) is 5.75 Å². The maximum Gasteiger partial charge on any atom is 0.260 e. The lowest BCUT2D eigenvalue weighted by atomic mass is 10.2. The highest BCUT2D eigenvalue weighted by atomic mass is 19.1. The van der Waals surface area contributed by atoms with E-state index >= 15 is 0 Å². The Morgan fingerprint density at radius 1 is 1.39 bits per heavy atom. The summed E-state index contributed by atoms with van der Waals surface area (Å²) in [5.41, 5.74) is 5.70. The van der Waals surface area contributed by atoms with Gasteiger partial charge in [-0.1, -0.05) is 0 Å². The molecule has 6 heteroatoms. The van der Waals surface area contributed by atoms with Crippen molar-refractivity contribution in [1.82, 2.24) is 4.98 Å². The van der Waals surface area contributed by atoms with Gasteiger partial charge in [0.1, 0.15) is 11.6 Å². The number of aromatic hydroxyl groups is 1. The van der Waals surface area contributed by atoms with Crippen molar-refractivity contribution < 1.29 is 14.3 Å². The molecule has 0 aliphatic rings. The van der Waals surface area contributed by atoms with Gasteiger partial charge in [0.25, 0.3) is 5.91 Å². The number of amides is 1. The van der Waals surface area contributed by atoms with Crippen LogP contribution in [0.1, 0.15) is 10.4 Å². The molecule has 0 aliphatic carbocycles. The Morgan fingerprint density at radius 3 is 2.89 bits per heavy atom. The van der Waals surface area contributed by atoms with E-state index in [2.05, 4.69) is 10.3 Å². The molecule has 0 radical (unpaired) electrons. The van der Waals surface area contributed by atoms with Crippen LogP contribution in [-0.2, 0) is 0 Å². The molecule has 2 aromatic rings. The number of aromatic nitrogens is 1. The van der Waals surface area contributed by atoms with Crippen molar-refractivity contribution in [3.8, 4) is 5.75 Å². The van der Waals surface area contributed by atoms with Gasteiger partial charge >= 0.3 is 0 Å². The molecular weight excluding hydrogens is 237 g/mol. The first kappa shape index (κ1) is 11.8. The Bertz CT molecular complexity index is 602. The second-order valence-corrected chi connectivity index (χ2v) is 3.56. The van der Waals surface area contributed by atoms with E-state index in [1.54, 1.807) is 12.1 Å². The van der Waals surface area contributed by atoms with Crippen LogP contribution in [-0.4, -0.2) is 16.0 Å². The van der Waals surface area contributed by atoms with Gasteiger partial charge in [-0.25, -0.2) is 9.37 Å². The summed E-state index contributed by atoms with van der Waals surface area (Å²) < 4.78 is 13.0. The number of hydrogen-bond donors (Lipinski definition) is 3. The first-order valence-electron chi connectivity index (χ1n) is 5.08. The Hall–Kier alpha value is -2.63. The standard InChI is InChI=1S/C12H10FN3O2/c13-7-3-4-10(17)8(6-7)12(18)16-11-9(14)2-1-5-15-11/h1-6,17H,14H2,(H,15,16,18). The minimum absolute atomic E-state index is 0.158.